The first-order valence-corrected chi connectivity index (χ1v) is 8.72. The number of benzene rings is 2. The van der Waals surface area contributed by atoms with Gasteiger partial charge in [0.25, 0.3) is 0 Å². The molecule has 0 aliphatic heterocycles. The van der Waals surface area contributed by atoms with Gasteiger partial charge in [-0.2, -0.15) is 0 Å². The van der Waals surface area contributed by atoms with Crippen molar-refractivity contribution in [2.45, 2.75) is 24.9 Å². The summed E-state index contributed by atoms with van der Waals surface area (Å²) in [6.07, 6.45) is 4.72. The lowest BCUT2D eigenvalue weighted by Crippen LogP contribution is -2.32. The first-order valence-electron chi connectivity index (χ1n) is 8.72. The molecule has 3 N–H and O–H groups in total. The van der Waals surface area contributed by atoms with Crippen LogP contribution in [0.15, 0.2) is 54.9 Å². The zero-order valence-corrected chi connectivity index (χ0v) is 14.2. The quantitative estimate of drug-likeness (QED) is 0.660. The molecule has 0 spiro atoms. The van der Waals surface area contributed by atoms with E-state index in [0.717, 1.165) is 35.0 Å². The van der Waals surface area contributed by atoms with Crippen molar-refractivity contribution < 1.29 is 9.90 Å². The van der Waals surface area contributed by atoms with E-state index in [9.17, 15) is 9.90 Å². The minimum atomic E-state index is -0.779. The fourth-order valence-corrected chi connectivity index (χ4v) is 2.85. The maximum absolute atomic E-state index is 12.0. The molecule has 0 bridgehead atoms. The van der Waals surface area contributed by atoms with Crippen LogP contribution >= 0.6 is 0 Å². The van der Waals surface area contributed by atoms with Crippen LogP contribution in [-0.4, -0.2) is 27.7 Å². The number of aliphatic hydroxyl groups excluding tert-OH is 1. The zero-order valence-electron chi connectivity index (χ0n) is 14.2. The highest BCUT2D eigenvalue weighted by Crippen LogP contribution is 2.37. The molecule has 26 heavy (non-hydrogen) atoms. The van der Waals surface area contributed by atoms with Gasteiger partial charge in [-0.15, -0.1) is 0 Å². The normalized spacial score (nSPS) is 14.8. The second-order valence-corrected chi connectivity index (χ2v) is 6.56. The second-order valence-electron chi connectivity index (χ2n) is 6.56. The largest absolute Gasteiger partial charge is 0.387 e. The van der Waals surface area contributed by atoms with Gasteiger partial charge in [-0.1, -0.05) is 36.4 Å². The maximum Gasteiger partial charge on any atom is 0.319 e. The summed E-state index contributed by atoms with van der Waals surface area (Å²) >= 11 is 0. The lowest BCUT2D eigenvalue weighted by Gasteiger charge is -2.13. The SMILES string of the molecule is O=C(NCC(O)c1ccc2ccccc2c1)Nc1cnc(C2CC2)nc1. The molecule has 0 radical (unpaired) electrons. The summed E-state index contributed by atoms with van der Waals surface area (Å²) in [6.45, 7) is 0.116. The van der Waals surface area contributed by atoms with Gasteiger partial charge in [-0.25, -0.2) is 14.8 Å². The van der Waals surface area contributed by atoms with Gasteiger partial charge in [0.05, 0.1) is 24.2 Å². The molecular weight excluding hydrogens is 328 g/mol. The number of carbonyl (C=O) groups is 1. The zero-order chi connectivity index (χ0) is 17.9. The molecule has 1 aliphatic rings. The van der Waals surface area contributed by atoms with E-state index in [1.807, 2.05) is 42.5 Å². The first kappa shape index (κ1) is 16.5. The fraction of sp³-hybridized carbons (Fsp3) is 0.250. The summed E-state index contributed by atoms with van der Waals surface area (Å²) in [6, 6.07) is 13.3. The molecule has 2 aromatic carbocycles. The Bertz CT molecular complexity index is 923. The molecule has 2 amide bonds. The van der Waals surface area contributed by atoms with Crippen molar-refractivity contribution in [1.29, 1.82) is 0 Å². The topological polar surface area (TPSA) is 87.1 Å². The van der Waals surface area contributed by atoms with Crippen LogP contribution in [0.5, 0.6) is 0 Å². The molecule has 1 aromatic heterocycles. The van der Waals surface area contributed by atoms with Crippen molar-refractivity contribution in [3.63, 3.8) is 0 Å². The van der Waals surface area contributed by atoms with Crippen LogP contribution in [0, 0.1) is 0 Å². The molecule has 0 saturated heterocycles. The third-order valence-electron chi connectivity index (χ3n) is 4.49. The van der Waals surface area contributed by atoms with Gasteiger partial charge in [0.1, 0.15) is 5.82 Å². The van der Waals surface area contributed by atoms with Crippen molar-refractivity contribution >= 4 is 22.5 Å². The third-order valence-corrected chi connectivity index (χ3v) is 4.49. The van der Waals surface area contributed by atoms with Crippen LogP contribution < -0.4 is 10.6 Å². The van der Waals surface area contributed by atoms with E-state index in [0.29, 0.717) is 11.6 Å². The van der Waals surface area contributed by atoms with Gasteiger partial charge in [-0.3, -0.25) is 0 Å². The Morgan fingerprint density at radius 3 is 2.58 bits per heavy atom. The van der Waals surface area contributed by atoms with E-state index >= 15 is 0 Å². The first-order chi connectivity index (χ1) is 12.7. The number of hydrogen-bond acceptors (Lipinski definition) is 4. The lowest BCUT2D eigenvalue weighted by atomic mass is 10.0. The Hall–Kier alpha value is -2.99. The van der Waals surface area contributed by atoms with Crippen molar-refractivity contribution in [2.75, 3.05) is 11.9 Å². The number of anilines is 1. The monoisotopic (exact) mass is 348 g/mol. The van der Waals surface area contributed by atoms with Crippen LogP contribution in [-0.2, 0) is 0 Å². The maximum atomic E-state index is 12.0. The number of nitrogens with zero attached hydrogens (tertiary/aromatic N) is 2. The standard InChI is InChI=1S/C20H20N4O2/c25-18(16-8-5-13-3-1-2-4-15(13)9-16)12-23-20(26)24-17-10-21-19(22-11-17)14-6-7-14/h1-5,8-11,14,18,25H,6-7,12H2,(H2,23,24,26). The molecule has 1 saturated carbocycles. The number of fused-ring (bicyclic) bond motifs is 1. The van der Waals surface area contributed by atoms with Crippen molar-refractivity contribution in [3.8, 4) is 0 Å². The summed E-state index contributed by atoms with van der Waals surface area (Å²) in [7, 11) is 0. The number of amides is 2. The summed E-state index contributed by atoms with van der Waals surface area (Å²) in [5.41, 5.74) is 1.30. The van der Waals surface area contributed by atoms with Gasteiger partial charge < -0.3 is 15.7 Å². The molecule has 6 heteroatoms. The van der Waals surface area contributed by atoms with E-state index in [2.05, 4.69) is 20.6 Å². The van der Waals surface area contributed by atoms with Gasteiger partial charge >= 0.3 is 6.03 Å². The molecule has 1 aliphatic carbocycles. The molecule has 1 heterocycles. The number of rotatable bonds is 5. The van der Waals surface area contributed by atoms with E-state index in [1.54, 1.807) is 12.4 Å². The average Bonchev–Trinajstić information content (AvgIpc) is 3.51. The predicted molar refractivity (Wildman–Crippen MR) is 99.9 cm³/mol. The Labute approximate surface area is 151 Å². The van der Waals surface area contributed by atoms with E-state index in [-0.39, 0.29) is 6.54 Å². The number of hydrogen-bond donors (Lipinski definition) is 3. The highest BCUT2D eigenvalue weighted by Gasteiger charge is 2.26. The molecular formula is C20H20N4O2. The van der Waals surface area contributed by atoms with Gasteiger partial charge in [0.15, 0.2) is 0 Å². The molecule has 4 rings (SSSR count). The average molecular weight is 348 g/mol. The predicted octanol–water partition coefficient (Wildman–Crippen LogP) is 3.36. The highest BCUT2D eigenvalue weighted by molar-refractivity contribution is 5.88. The molecule has 132 valence electrons. The van der Waals surface area contributed by atoms with E-state index in [1.165, 1.54) is 0 Å². The lowest BCUT2D eigenvalue weighted by molar-refractivity contribution is 0.175. The number of aliphatic hydroxyl groups is 1. The molecule has 1 atom stereocenters. The Morgan fingerprint density at radius 2 is 1.85 bits per heavy atom. The van der Waals surface area contributed by atoms with Crippen LogP contribution in [0.3, 0.4) is 0 Å². The summed E-state index contributed by atoms with van der Waals surface area (Å²) < 4.78 is 0. The van der Waals surface area contributed by atoms with Gasteiger partial charge in [0.2, 0.25) is 0 Å². The summed E-state index contributed by atoms with van der Waals surface area (Å²) in [4.78, 5) is 20.5. The van der Waals surface area contributed by atoms with Crippen molar-refractivity contribution in [2.24, 2.45) is 0 Å². The van der Waals surface area contributed by atoms with E-state index in [4.69, 9.17) is 0 Å². The Balaban J connectivity index is 1.32. The van der Waals surface area contributed by atoms with Crippen molar-refractivity contribution in [1.82, 2.24) is 15.3 Å². The highest BCUT2D eigenvalue weighted by atomic mass is 16.3. The Morgan fingerprint density at radius 1 is 1.12 bits per heavy atom. The molecule has 6 nitrogen and oxygen atoms in total. The molecule has 1 unspecified atom stereocenters. The van der Waals surface area contributed by atoms with Crippen LogP contribution in [0.4, 0.5) is 10.5 Å². The van der Waals surface area contributed by atoms with Gasteiger partial charge in [0, 0.05) is 12.5 Å². The fourth-order valence-electron chi connectivity index (χ4n) is 2.85. The minimum Gasteiger partial charge on any atom is -0.387 e. The van der Waals surface area contributed by atoms with Gasteiger partial charge in [-0.05, 0) is 35.2 Å². The molecule has 3 aromatic rings. The molecule has 1 fully saturated rings. The second kappa shape index (κ2) is 7.09. The number of urea groups is 1. The van der Waals surface area contributed by atoms with Crippen LogP contribution in [0.2, 0.25) is 0 Å². The summed E-state index contributed by atoms with van der Waals surface area (Å²) in [5, 5.41) is 17.9. The van der Waals surface area contributed by atoms with E-state index < -0.39 is 12.1 Å². The van der Waals surface area contributed by atoms with Crippen LogP contribution in [0.25, 0.3) is 10.8 Å². The minimum absolute atomic E-state index is 0.116. The number of aromatic nitrogens is 2. The van der Waals surface area contributed by atoms with Crippen molar-refractivity contribution in [3.05, 3.63) is 66.2 Å². The third kappa shape index (κ3) is 3.81. The summed E-state index contributed by atoms with van der Waals surface area (Å²) in [5.74, 6) is 1.32. The smallest absolute Gasteiger partial charge is 0.319 e. The Kier molecular flexibility index (Phi) is 4.50. The number of nitrogens with one attached hydrogen (secondary N) is 2. The number of carbonyl (C=O) groups excluding carboxylic acids is 1. The van der Waals surface area contributed by atoms with Crippen LogP contribution in [0.1, 0.15) is 36.3 Å².